The smallest absolute Gasteiger partial charge is 0.280 e. The van der Waals surface area contributed by atoms with Gasteiger partial charge in [0.25, 0.3) is 5.56 Å². The van der Waals surface area contributed by atoms with Crippen LogP contribution in [-0.2, 0) is 16.2 Å². The molecule has 0 radical (unpaired) electrons. The van der Waals surface area contributed by atoms with Crippen LogP contribution in [0.4, 0.5) is 5.95 Å². The van der Waals surface area contributed by atoms with Crippen LogP contribution in [0.1, 0.15) is 6.42 Å². The summed E-state index contributed by atoms with van der Waals surface area (Å²) in [5.41, 5.74) is 5.40. The van der Waals surface area contributed by atoms with Crippen LogP contribution in [-0.4, -0.2) is 68.9 Å². The minimum Gasteiger partial charge on any atom is -0.396 e. The van der Waals surface area contributed by atoms with Crippen molar-refractivity contribution < 1.29 is 19.7 Å². The van der Waals surface area contributed by atoms with Gasteiger partial charge < -0.3 is 30.7 Å². The van der Waals surface area contributed by atoms with E-state index in [1.165, 1.54) is 10.9 Å². The van der Waals surface area contributed by atoms with Crippen molar-refractivity contribution in [3.8, 4) is 0 Å². The maximum atomic E-state index is 11.5. The zero-order chi connectivity index (χ0) is 17.4. The third kappa shape index (κ3) is 5.25. The number of ether oxygens (including phenoxy) is 2. The highest BCUT2D eigenvalue weighted by Crippen LogP contribution is 2.07. The SMILES string of the molecule is C1COCCN1.Nc1nc2c(ncn2COC(O)CCO)c(=O)[nH]1. The molecule has 0 saturated carbocycles. The predicted molar refractivity (Wildman–Crippen MR) is 85.0 cm³/mol. The van der Waals surface area contributed by atoms with E-state index in [2.05, 4.69) is 20.3 Å². The Hall–Kier alpha value is -2.05. The molecule has 1 unspecified atom stereocenters. The fourth-order valence-corrected chi connectivity index (χ4v) is 1.94. The molecule has 1 aliphatic heterocycles. The number of fused-ring (bicyclic) bond motifs is 1. The van der Waals surface area contributed by atoms with Crippen molar-refractivity contribution in [3.05, 3.63) is 16.7 Å². The Morgan fingerprint density at radius 1 is 1.46 bits per heavy atom. The maximum absolute atomic E-state index is 11.5. The van der Waals surface area contributed by atoms with Crippen molar-refractivity contribution >= 4 is 17.1 Å². The lowest BCUT2D eigenvalue weighted by Crippen LogP contribution is -2.30. The number of nitrogens with zero attached hydrogens (tertiary/aromatic N) is 3. The Morgan fingerprint density at radius 2 is 2.21 bits per heavy atom. The number of morpholine rings is 1. The lowest BCUT2D eigenvalue weighted by molar-refractivity contribution is -0.132. The molecule has 134 valence electrons. The van der Waals surface area contributed by atoms with E-state index in [1.54, 1.807) is 0 Å². The Morgan fingerprint density at radius 3 is 2.79 bits per heavy atom. The highest BCUT2D eigenvalue weighted by molar-refractivity contribution is 5.70. The summed E-state index contributed by atoms with van der Waals surface area (Å²) in [4.78, 5) is 21.6. The highest BCUT2D eigenvalue weighted by atomic mass is 16.6. The molecule has 6 N–H and O–H groups in total. The Bertz CT molecular complexity index is 672. The molecular weight excluding hydrogens is 320 g/mol. The van der Waals surface area contributed by atoms with Crippen LogP contribution in [0.25, 0.3) is 11.2 Å². The number of aromatic amines is 1. The van der Waals surface area contributed by atoms with Gasteiger partial charge >= 0.3 is 0 Å². The fourth-order valence-electron chi connectivity index (χ4n) is 1.94. The van der Waals surface area contributed by atoms with E-state index in [-0.39, 0.29) is 36.9 Å². The van der Waals surface area contributed by atoms with Crippen LogP contribution in [0.2, 0.25) is 0 Å². The van der Waals surface area contributed by atoms with Gasteiger partial charge in [0.15, 0.2) is 17.5 Å². The molecule has 24 heavy (non-hydrogen) atoms. The number of nitrogens with one attached hydrogen (secondary N) is 2. The molecule has 1 fully saturated rings. The summed E-state index contributed by atoms with van der Waals surface area (Å²) in [7, 11) is 0. The summed E-state index contributed by atoms with van der Waals surface area (Å²) in [6, 6.07) is 0. The number of rotatable bonds is 5. The number of nitrogens with two attached hydrogens (primary N) is 1. The zero-order valence-corrected chi connectivity index (χ0v) is 13.1. The van der Waals surface area contributed by atoms with Gasteiger partial charge in [0, 0.05) is 26.1 Å². The van der Waals surface area contributed by atoms with E-state index >= 15 is 0 Å². The number of hydrogen-bond acceptors (Lipinski definition) is 9. The molecule has 0 amide bonds. The largest absolute Gasteiger partial charge is 0.396 e. The van der Waals surface area contributed by atoms with E-state index < -0.39 is 11.8 Å². The van der Waals surface area contributed by atoms with Gasteiger partial charge in [-0.15, -0.1) is 0 Å². The number of hydrogen-bond donors (Lipinski definition) is 5. The van der Waals surface area contributed by atoms with E-state index in [0.29, 0.717) is 0 Å². The van der Waals surface area contributed by atoms with Gasteiger partial charge in [0.1, 0.15) is 6.73 Å². The molecule has 0 bridgehead atoms. The zero-order valence-electron chi connectivity index (χ0n) is 13.1. The first-order chi connectivity index (χ1) is 11.6. The molecule has 3 heterocycles. The molecule has 11 heteroatoms. The molecule has 0 spiro atoms. The van der Waals surface area contributed by atoms with Crippen molar-refractivity contribution in [2.45, 2.75) is 19.4 Å². The summed E-state index contributed by atoms with van der Waals surface area (Å²) < 4.78 is 11.5. The van der Waals surface area contributed by atoms with Crippen LogP contribution >= 0.6 is 0 Å². The van der Waals surface area contributed by atoms with Gasteiger partial charge in [-0.1, -0.05) is 0 Å². The van der Waals surface area contributed by atoms with Crippen molar-refractivity contribution in [1.82, 2.24) is 24.8 Å². The first-order valence-corrected chi connectivity index (χ1v) is 7.51. The second-order valence-electron chi connectivity index (χ2n) is 4.96. The number of nitrogen functional groups attached to an aromatic ring is 1. The first kappa shape index (κ1) is 18.3. The minimum absolute atomic E-state index is 0.0230. The molecule has 2 aromatic rings. The van der Waals surface area contributed by atoms with Gasteiger partial charge in [-0.05, 0) is 0 Å². The highest BCUT2D eigenvalue weighted by Gasteiger charge is 2.10. The molecule has 0 aromatic carbocycles. The third-order valence-electron chi connectivity index (χ3n) is 3.12. The predicted octanol–water partition coefficient (Wildman–Crippen LogP) is -2.02. The number of imidazole rings is 1. The van der Waals surface area contributed by atoms with Crippen molar-refractivity contribution in [2.75, 3.05) is 38.6 Å². The second-order valence-corrected chi connectivity index (χ2v) is 4.96. The van der Waals surface area contributed by atoms with Crippen LogP contribution in [0.5, 0.6) is 0 Å². The van der Waals surface area contributed by atoms with E-state index in [4.69, 9.17) is 20.3 Å². The maximum Gasteiger partial charge on any atom is 0.280 e. The van der Waals surface area contributed by atoms with Crippen molar-refractivity contribution in [1.29, 1.82) is 0 Å². The summed E-state index contributed by atoms with van der Waals surface area (Å²) in [6.45, 7) is 3.60. The summed E-state index contributed by atoms with van der Waals surface area (Å²) in [5.74, 6) is -0.0230. The number of anilines is 1. The number of aliphatic hydroxyl groups is 2. The molecule has 2 aromatic heterocycles. The van der Waals surface area contributed by atoms with Crippen LogP contribution in [0.3, 0.4) is 0 Å². The Labute approximate surface area is 137 Å². The van der Waals surface area contributed by atoms with Crippen molar-refractivity contribution in [2.24, 2.45) is 0 Å². The molecule has 3 rings (SSSR count). The van der Waals surface area contributed by atoms with Crippen LogP contribution in [0, 0.1) is 0 Å². The molecule has 0 aliphatic carbocycles. The van der Waals surface area contributed by atoms with Crippen LogP contribution in [0.15, 0.2) is 11.1 Å². The normalized spacial score (nSPS) is 15.8. The van der Waals surface area contributed by atoms with Gasteiger partial charge in [-0.25, -0.2) is 4.98 Å². The minimum atomic E-state index is -1.09. The summed E-state index contributed by atoms with van der Waals surface area (Å²) >= 11 is 0. The third-order valence-corrected chi connectivity index (χ3v) is 3.12. The monoisotopic (exact) mass is 342 g/mol. The number of aromatic nitrogens is 4. The van der Waals surface area contributed by atoms with E-state index in [9.17, 15) is 9.90 Å². The number of H-pyrrole nitrogens is 1. The molecule has 1 saturated heterocycles. The quantitative estimate of drug-likeness (QED) is 0.386. The topological polar surface area (TPSA) is 161 Å². The Kier molecular flexibility index (Phi) is 7.08. The molecule has 11 nitrogen and oxygen atoms in total. The lowest BCUT2D eigenvalue weighted by atomic mass is 10.4. The Balaban J connectivity index is 0.000000292. The number of aliphatic hydroxyl groups excluding tert-OH is 2. The molecule has 1 aliphatic rings. The van der Waals surface area contributed by atoms with Gasteiger partial charge in [-0.2, -0.15) is 4.98 Å². The molecule has 1 atom stereocenters. The lowest BCUT2D eigenvalue weighted by Gasteiger charge is -2.11. The van der Waals surface area contributed by atoms with Crippen molar-refractivity contribution in [3.63, 3.8) is 0 Å². The second kappa shape index (κ2) is 9.30. The van der Waals surface area contributed by atoms with Crippen LogP contribution < -0.4 is 16.6 Å². The summed E-state index contributed by atoms with van der Waals surface area (Å²) in [5, 5.41) is 21.1. The van der Waals surface area contributed by atoms with Gasteiger partial charge in [0.05, 0.1) is 19.5 Å². The average molecular weight is 342 g/mol. The van der Waals surface area contributed by atoms with Gasteiger partial charge in [-0.3, -0.25) is 14.3 Å². The molecular formula is C13H22N6O5. The average Bonchev–Trinajstić information content (AvgIpc) is 2.99. The van der Waals surface area contributed by atoms with E-state index in [1.807, 2.05) is 0 Å². The fraction of sp³-hybridized carbons (Fsp3) is 0.615. The summed E-state index contributed by atoms with van der Waals surface area (Å²) in [6.07, 6.45) is 0.368. The van der Waals surface area contributed by atoms with E-state index in [0.717, 1.165) is 26.3 Å². The van der Waals surface area contributed by atoms with Gasteiger partial charge in [0.2, 0.25) is 5.95 Å². The standard InChI is InChI=1S/C9H13N5O4.C4H9NO/c10-9-12-7-6(8(17)13-9)11-3-14(7)4-18-5(16)1-2-15;1-3-6-4-2-5-1/h3,5,15-16H,1-2,4H2,(H3,10,12,13,17);5H,1-4H2. The first-order valence-electron chi connectivity index (χ1n) is 7.51.